The first-order valence-electron chi connectivity index (χ1n) is 7.88. The maximum atomic E-state index is 10.4. The zero-order chi connectivity index (χ0) is 16.3. The number of hydrogen-bond donors (Lipinski definition) is 2. The third-order valence-corrected chi connectivity index (χ3v) is 3.91. The molecule has 1 aromatic rings. The van der Waals surface area contributed by atoms with Gasteiger partial charge in [-0.2, -0.15) is 0 Å². The molecule has 2 atom stereocenters. The predicted octanol–water partition coefficient (Wildman–Crippen LogP) is 1.66. The highest BCUT2D eigenvalue weighted by Gasteiger charge is 2.33. The van der Waals surface area contributed by atoms with Crippen molar-refractivity contribution in [3.05, 3.63) is 18.5 Å². The van der Waals surface area contributed by atoms with E-state index in [0.29, 0.717) is 5.69 Å². The number of hydrogen-bond acceptors (Lipinski definition) is 6. The number of aliphatic hydroxyl groups is 1. The van der Waals surface area contributed by atoms with E-state index in [2.05, 4.69) is 16.8 Å². The minimum absolute atomic E-state index is 0.221. The molecule has 0 amide bonds. The van der Waals surface area contributed by atoms with Gasteiger partial charge in [-0.25, -0.2) is 4.90 Å². The summed E-state index contributed by atoms with van der Waals surface area (Å²) in [5.74, 6) is 0. The Balaban J connectivity index is 2.07. The van der Waals surface area contributed by atoms with Crippen molar-refractivity contribution in [3.63, 3.8) is 0 Å². The number of ether oxygens (including phenoxy) is 1. The second kappa shape index (κ2) is 6.81. The normalized spacial score (nSPS) is 21.9. The van der Waals surface area contributed by atoms with Crippen LogP contribution in [0.5, 0.6) is 0 Å². The number of aromatic nitrogens is 1. The average Bonchev–Trinajstić information content (AvgIpc) is 2.45. The highest BCUT2D eigenvalue weighted by Crippen LogP contribution is 2.26. The lowest BCUT2D eigenvalue weighted by Gasteiger charge is -2.45. The summed E-state index contributed by atoms with van der Waals surface area (Å²) in [6.45, 7) is 10.3. The van der Waals surface area contributed by atoms with Gasteiger partial charge in [0.25, 0.3) is 0 Å². The van der Waals surface area contributed by atoms with Gasteiger partial charge in [0, 0.05) is 31.9 Å². The number of pyridine rings is 1. The summed E-state index contributed by atoms with van der Waals surface area (Å²) >= 11 is 0. The van der Waals surface area contributed by atoms with Crippen LogP contribution < -0.4 is 10.6 Å². The van der Waals surface area contributed by atoms with Crippen LogP contribution >= 0.6 is 0 Å². The van der Waals surface area contributed by atoms with Gasteiger partial charge in [-0.15, -0.1) is 0 Å². The second-order valence-electron chi connectivity index (χ2n) is 6.74. The molecule has 124 valence electrons. The molecule has 1 aliphatic rings. The summed E-state index contributed by atoms with van der Waals surface area (Å²) in [5.41, 5.74) is 7.36. The van der Waals surface area contributed by atoms with Crippen LogP contribution in [0, 0.1) is 0 Å². The summed E-state index contributed by atoms with van der Waals surface area (Å²) in [6, 6.07) is 2.17. The molecule has 0 aliphatic carbocycles. The van der Waals surface area contributed by atoms with E-state index in [1.807, 2.05) is 31.7 Å². The zero-order valence-corrected chi connectivity index (χ0v) is 14.0. The number of nitrogens with two attached hydrogens (primary N) is 1. The fourth-order valence-electron chi connectivity index (χ4n) is 2.81. The second-order valence-corrected chi connectivity index (χ2v) is 6.74. The molecule has 22 heavy (non-hydrogen) atoms. The van der Waals surface area contributed by atoms with Gasteiger partial charge >= 0.3 is 0 Å². The zero-order valence-electron chi connectivity index (χ0n) is 14.0. The quantitative estimate of drug-likeness (QED) is 0.824. The lowest BCUT2D eigenvalue weighted by Crippen LogP contribution is -2.58. The molecule has 0 spiro atoms. The molecule has 2 heterocycles. The van der Waals surface area contributed by atoms with Gasteiger partial charge in [0.2, 0.25) is 6.41 Å². The van der Waals surface area contributed by atoms with Crippen molar-refractivity contribution in [1.29, 1.82) is 0 Å². The van der Waals surface area contributed by atoms with Crippen LogP contribution in [0.1, 0.15) is 34.1 Å². The summed E-state index contributed by atoms with van der Waals surface area (Å²) in [7, 11) is 0. The molecule has 0 bridgehead atoms. The molecule has 1 saturated heterocycles. The molecule has 0 aromatic carbocycles. The summed E-state index contributed by atoms with van der Waals surface area (Å²) < 4.78 is 5.70. The van der Waals surface area contributed by atoms with E-state index in [0.717, 1.165) is 31.7 Å². The van der Waals surface area contributed by atoms with Crippen LogP contribution in [0.4, 0.5) is 11.4 Å². The third-order valence-electron chi connectivity index (χ3n) is 3.91. The number of anilines is 2. The van der Waals surface area contributed by atoms with Gasteiger partial charge in [-0.05, 0) is 33.3 Å². The molecule has 0 saturated carbocycles. The topological polar surface area (TPSA) is 74.9 Å². The molecule has 1 unspecified atom stereocenters. The van der Waals surface area contributed by atoms with Crippen molar-refractivity contribution in [2.75, 3.05) is 30.3 Å². The van der Waals surface area contributed by atoms with Crippen molar-refractivity contribution in [2.24, 2.45) is 0 Å². The molecular formula is C16H28N4O2. The third kappa shape index (κ3) is 4.09. The van der Waals surface area contributed by atoms with Gasteiger partial charge in [0.1, 0.15) is 0 Å². The largest absolute Gasteiger partial charge is 0.396 e. The Hall–Kier alpha value is -1.37. The predicted molar refractivity (Wildman–Crippen MR) is 88.5 cm³/mol. The Morgan fingerprint density at radius 2 is 2.18 bits per heavy atom. The molecule has 2 rings (SSSR count). The van der Waals surface area contributed by atoms with Crippen molar-refractivity contribution in [3.8, 4) is 0 Å². The van der Waals surface area contributed by atoms with Gasteiger partial charge in [0.05, 0.1) is 23.2 Å². The monoisotopic (exact) mass is 308 g/mol. The fourth-order valence-corrected chi connectivity index (χ4v) is 2.81. The van der Waals surface area contributed by atoms with Crippen LogP contribution in [0.25, 0.3) is 0 Å². The molecule has 1 aliphatic heterocycles. The first-order chi connectivity index (χ1) is 10.3. The molecule has 1 aromatic heterocycles. The minimum atomic E-state index is -0.873. The smallest absolute Gasteiger partial charge is 0.216 e. The van der Waals surface area contributed by atoms with E-state index in [1.165, 1.54) is 0 Å². The van der Waals surface area contributed by atoms with Crippen LogP contribution in [-0.2, 0) is 4.74 Å². The maximum Gasteiger partial charge on any atom is 0.216 e. The lowest BCUT2D eigenvalue weighted by molar-refractivity contribution is -0.249. The molecule has 6 heteroatoms. The minimum Gasteiger partial charge on any atom is -0.396 e. The van der Waals surface area contributed by atoms with E-state index >= 15 is 0 Å². The van der Waals surface area contributed by atoms with E-state index in [1.54, 1.807) is 12.4 Å². The fraction of sp³-hybridized carbons (Fsp3) is 0.688. The summed E-state index contributed by atoms with van der Waals surface area (Å²) in [4.78, 5) is 8.32. The molecule has 0 radical (unpaired) electrons. The Kier molecular flexibility index (Phi) is 5.26. The van der Waals surface area contributed by atoms with Crippen molar-refractivity contribution in [2.45, 2.75) is 52.2 Å². The molecule has 1 fully saturated rings. The Morgan fingerprint density at radius 1 is 1.45 bits per heavy atom. The summed E-state index contributed by atoms with van der Waals surface area (Å²) in [6.07, 6.45) is 3.50. The van der Waals surface area contributed by atoms with Crippen LogP contribution in [-0.4, -0.2) is 52.7 Å². The number of nitrogens with zero attached hydrogens (tertiary/aromatic N) is 3. The highest BCUT2D eigenvalue weighted by molar-refractivity contribution is 5.66. The van der Waals surface area contributed by atoms with E-state index in [4.69, 9.17) is 10.5 Å². The molecular weight excluding hydrogens is 280 g/mol. The van der Waals surface area contributed by atoms with E-state index in [9.17, 15) is 5.11 Å². The maximum absolute atomic E-state index is 10.4. The lowest BCUT2D eigenvalue weighted by atomic mass is 10.1. The average molecular weight is 308 g/mol. The Bertz CT molecular complexity index is 489. The number of piperazine rings is 1. The summed E-state index contributed by atoms with van der Waals surface area (Å²) in [5, 5.41) is 10.4. The van der Waals surface area contributed by atoms with Gasteiger partial charge < -0.3 is 20.5 Å². The Morgan fingerprint density at radius 3 is 2.77 bits per heavy atom. The van der Waals surface area contributed by atoms with Crippen LogP contribution in [0.3, 0.4) is 0 Å². The molecule has 3 N–H and O–H groups in total. The van der Waals surface area contributed by atoms with Crippen molar-refractivity contribution < 1.29 is 9.84 Å². The van der Waals surface area contributed by atoms with Gasteiger partial charge in [0.15, 0.2) is 0 Å². The number of aliphatic hydroxyl groups excluding tert-OH is 1. The number of rotatable bonds is 4. The first-order valence-corrected chi connectivity index (χ1v) is 7.88. The Labute approximate surface area is 132 Å². The van der Waals surface area contributed by atoms with Crippen LogP contribution in [0.2, 0.25) is 0 Å². The first kappa shape index (κ1) is 17.0. The van der Waals surface area contributed by atoms with Crippen LogP contribution in [0.15, 0.2) is 18.5 Å². The standard InChI is InChI=1S/C16H28N4O2/c1-5-12-11-19(14-6-7-18-10-13(14)17)8-9-20(12)15(21)22-16(2,3)4/h6-7,10,12,15,21H,5,8-9,11,17H2,1-4H3/t12-,15?/m0/s1. The van der Waals surface area contributed by atoms with E-state index < -0.39 is 6.41 Å². The van der Waals surface area contributed by atoms with Gasteiger partial charge in [-0.3, -0.25) is 4.98 Å². The van der Waals surface area contributed by atoms with Crippen molar-refractivity contribution >= 4 is 11.4 Å². The van der Waals surface area contributed by atoms with E-state index in [-0.39, 0.29) is 11.6 Å². The highest BCUT2D eigenvalue weighted by atomic mass is 16.6. The number of nitrogen functional groups attached to an aromatic ring is 1. The SMILES string of the molecule is CC[C@H]1CN(c2ccncc2N)CCN1C(O)OC(C)(C)C. The van der Waals surface area contributed by atoms with Crippen molar-refractivity contribution in [1.82, 2.24) is 9.88 Å². The molecule has 6 nitrogen and oxygen atoms in total. The van der Waals surface area contributed by atoms with Gasteiger partial charge in [-0.1, -0.05) is 6.92 Å².